The lowest BCUT2D eigenvalue weighted by Gasteiger charge is -2.13. The van der Waals surface area contributed by atoms with Gasteiger partial charge in [-0.05, 0) is 12.1 Å². The third kappa shape index (κ3) is 3.77. The number of nitrogens with one attached hydrogen (secondary N) is 2. The molecule has 0 saturated carbocycles. The van der Waals surface area contributed by atoms with Crippen molar-refractivity contribution in [1.29, 1.82) is 0 Å². The standard InChI is InChI=1S/C16H14N4O4S/c21-12-9-25-16(24)20(12)8-7-18-14(22)15(23)19-11-5-1-3-10-4-2-6-17-13(10)11/h1-6H,7-9H2,(H,18,22)(H,19,23). The van der Waals surface area contributed by atoms with E-state index in [9.17, 15) is 19.2 Å². The lowest BCUT2D eigenvalue weighted by Crippen LogP contribution is -2.41. The summed E-state index contributed by atoms with van der Waals surface area (Å²) in [5, 5.41) is 5.40. The lowest BCUT2D eigenvalue weighted by atomic mass is 10.2. The van der Waals surface area contributed by atoms with E-state index in [0.29, 0.717) is 11.2 Å². The maximum Gasteiger partial charge on any atom is 0.313 e. The third-order valence-electron chi connectivity index (χ3n) is 3.55. The molecule has 2 heterocycles. The highest BCUT2D eigenvalue weighted by Gasteiger charge is 2.29. The van der Waals surface area contributed by atoms with Crippen molar-refractivity contribution in [2.75, 3.05) is 24.2 Å². The van der Waals surface area contributed by atoms with Crippen molar-refractivity contribution < 1.29 is 19.2 Å². The molecule has 1 aliphatic heterocycles. The van der Waals surface area contributed by atoms with Crippen LogP contribution in [0.2, 0.25) is 0 Å². The van der Waals surface area contributed by atoms with Crippen molar-refractivity contribution in [3.8, 4) is 0 Å². The Kier molecular flexibility index (Phi) is 4.94. The van der Waals surface area contributed by atoms with Gasteiger partial charge in [0.1, 0.15) is 0 Å². The Bertz CT molecular complexity index is 849. The maximum absolute atomic E-state index is 12.0. The molecular weight excluding hydrogens is 344 g/mol. The van der Waals surface area contributed by atoms with Crippen LogP contribution in [0.15, 0.2) is 36.5 Å². The minimum Gasteiger partial charge on any atom is -0.346 e. The van der Waals surface area contributed by atoms with Crippen molar-refractivity contribution in [2.24, 2.45) is 0 Å². The van der Waals surface area contributed by atoms with Crippen molar-refractivity contribution in [3.63, 3.8) is 0 Å². The fourth-order valence-electron chi connectivity index (χ4n) is 2.34. The quantitative estimate of drug-likeness (QED) is 0.789. The molecule has 1 fully saturated rings. The topological polar surface area (TPSA) is 108 Å². The fraction of sp³-hybridized carbons (Fsp3) is 0.188. The van der Waals surface area contributed by atoms with Gasteiger partial charge >= 0.3 is 11.8 Å². The van der Waals surface area contributed by atoms with Crippen LogP contribution < -0.4 is 10.6 Å². The van der Waals surface area contributed by atoms with Gasteiger partial charge in [-0.25, -0.2) is 0 Å². The SMILES string of the molecule is O=C(NCCN1C(=O)CSC1=O)C(=O)Nc1cccc2cccnc12. The highest BCUT2D eigenvalue weighted by molar-refractivity contribution is 8.14. The predicted molar refractivity (Wildman–Crippen MR) is 92.9 cm³/mol. The summed E-state index contributed by atoms with van der Waals surface area (Å²) in [5.41, 5.74) is 1.01. The molecule has 2 aromatic rings. The molecule has 0 radical (unpaired) electrons. The second-order valence-corrected chi connectivity index (χ2v) is 6.12. The number of amides is 4. The average molecular weight is 358 g/mol. The van der Waals surface area contributed by atoms with Gasteiger partial charge < -0.3 is 10.6 Å². The first-order chi connectivity index (χ1) is 12.1. The molecule has 1 aromatic carbocycles. The summed E-state index contributed by atoms with van der Waals surface area (Å²) in [6, 6.07) is 8.87. The van der Waals surface area contributed by atoms with Gasteiger partial charge in [0.15, 0.2) is 0 Å². The van der Waals surface area contributed by atoms with Crippen LogP contribution in [0.5, 0.6) is 0 Å². The number of nitrogens with zero attached hydrogens (tertiary/aromatic N) is 2. The zero-order valence-electron chi connectivity index (χ0n) is 13.0. The zero-order chi connectivity index (χ0) is 17.8. The van der Waals surface area contributed by atoms with Crippen LogP contribution in [0.25, 0.3) is 10.9 Å². The minimum absolute atomic E-state index is 0.0120. The van der Waals surface area contributed by atoms with E-state index in [4.69, 9.17) is 0 Å². The van der Waals surface area contributed by atoms with E-state index in [2.05, 4.69) is 15.6 Å². The Hall–Kier alpha value is -2.94. The van der Waals surface area contributed by atoms with Gasteiger partial charge in [-0.15, -0.1) is 0 Å². The maximum atomic E-state index is 12.0. The molecule has 0 unspecified atom stereocenters. The molecule has 1 saturated heterocycles. The number of aromatic nitrogens is 1. The lowest BCUT2D eigenvalue weighted by molar-refractivity contribution is -0.136. The molecule has 0 bridgehead atoms. The van der Waals surface area contributed by atoms with Gasteiger partial charge in [-0.3, -0.25) is 29.1 Å². The molecule has 128 valence electrons. The molecule has 0 aliphatic carbocycles. The van der Waals surface area contributed by atoms with Crippen LogP contribution in [0.3, 0.4) is 0 Å². The largest absolute Gasteiger partial charge is 0.346 e. The molecule has 25 heavy (non-hydrogen) atoms. The Labute approximate surface area is 147 Å². The number of imide groups is 1. The van der Waals surface area contributed by atoms with Crippen LogP contribution in [0.1, 0.15) is 0 Å². The summed E-state index contributed by atoms with van der Waals surface area (Å²) in [6.45, 7) is 0.0532. The summed E-state index contributed by atoms with van der Waals surface area (Å²) in [4.78, 5) is 52.0. The van der Waals surface area contributed by atoms with E-state index in [1.165, 1.54) is 0 Å². The van der Waals surface area contributed by atoms with E-state index >= 15 is 0 Å². The average Bonchev–Trinajstić information content (AvgIpc) is 2.94. The molecule has 1 aliphatic rings. The highest BCUT2D eigenvalue weighted by atomic mass is 32.2. The fourth-order valence-corrected chi connectivity index (χ4v) is 3.09. The summed E-state index contributed by atoms with van der Waals surface area (Å²) >= 11 is 0.920. The number of thioether (sulfide) groups is 1. The van der Waals surface area contributed by atoms with E-state index < -0.39 is 11.8 Å². The molecule has 0 spiro atoms. The molecule has 1 aromatic heterocycles. The van der Waals surface area contributed by atoms with E-state index in [-0.39, 0.29) is 30.0 Å². The second kappa shape index (κ2) is 7.31. The number of para-hydroxylation sites is 1. The van der Waals surface area contributed by atoms with Crippen molar-refractivity contribution in [2.45, 2.75) is 0 Å². The van der Waals surface area contributed by atoms with Gasteiger partial charge in [-0.2, -0.15) is 0 Å². The number of fused-ring (bicyclic) bond motifs is 1. The Morgan fingerprint density at radius 1 is 1.16 bits per heavy atom. The van der Waals surface area contributed by atoms with Gasteiger partial charge in [0.2, 0.25) is 5.91 Å². The monoisotopic (exact) mass is 358 g/mol. The second-order valence-electron chi connectivity index (χ2n) is 5.19. The van der Waals surface area contributed by atoms with Crippen molar-refractivity contribution >= 4 is 51.3 Å². The van der Waals surface area contributed by atoms with E-state index in [1.54, 1.807) is 24.4 Å². The number of pyridine rings is 1. The smallest absolute Gasteiger partial charge is 0.313 e. The van der Waals surface area contributed by atoms with E-state index in [0.717, 1.165) is 22.0 Å². The Morgan fingerprint density at radius 2 is 1.96 bits per heavy atom. The Balaban J connectivity index is 1.56. The summed E-state index contributed by atoms with van der Waals surface area (Å²) < 4.78 is 0. The van der Waals surface area contributed by atoms with Crippen LogP contribution in [0, 0.1) is 0 Å². The molecule has 4 amide bonds. The number of hydrogen-bond acceptors (Lipinski definition) is 6. The summed E-state index contributed by atoms with van der Waals surface area (Å²) in [5.74, 6) is -1.87. The molecule has 9 heteroatoms. The number of rotatable bonds is 4. The number of anilines is 1. The normalized spacial score (nSPS) is 14.0. The summed E-state index contributed by atoms with van der Waals surface area (Å²) in [7, 11) is 0. The zero-order valence-corrected chi connectivity index (χ0v) is 13.8. The number of carbonyl (C=O) groups is 4. The van der Waals surface area contributed by atoms with Gasteiger partial charge in [-0.1, -0.05) is 30.0 Å². The highest BCUT2D eigenvalue weighted by Crippen LogP contribution is 2.20. The molecular formula is C16H14N4O4S. The van der Waals surface area contributed by atoms with Crippen LogP contribution >= 0.6 is 11.8 Å². The molecule has 8 nitrogen and oxygen atoms in total. The van der Waals surface area contributed by atoms with Crippen molar-refractivity contribution in [3.05, 3.63) is 36.5 Å². The molecule has 3 rings (SSSR count). The number of hydrogen-bond donors (Lipinski definition) is 2. The summed E-state index contributed by atoms with van der Waals surface area (Å²) in [6.07, 6.45) is 1.60. The van der Waals surface area contributed by atoms with Gasteiger partial charge in [0.05, 0.1) is 17.0 Å². The Morgan fingerprint density at radius 3 is 2.72 bits per heavy atom. The first-order valence-electron chi connectivity index (χ1n) is 7.46. The molecule has 2 N–H and O–H groups in total. The molecule has 0 atom stereocenters. The van der Waals surface area contributed by atoms with Gasteiger partial charge in [0, 0.05) is 24.7 Å². The first-order valence-corrected chi connectivity index (χ1v) is 8.45. The van der Waals surface area contributed by atoms with Crippen LogP contribution in [0.4, 0.5) is 10.5 Å². The van der Waals surface area contributed by atoms with Crippen molar-refractivity contribution in [1.82, 2.24) is 15.2 Å². The number of benzene rings is 1. The number of carbonyl (C=O) groups excluding carboxylic acids is 4. The minimum atomic E-state index is -0.848. The first kappa shape index (κ1) is 16.9. The van der Waals surface area contributed by atoms with E-state index in [1.807, 2.05) is 12.1 Å². The van der Waals surface area contributed by atoms with Crippen LogP contribution in [-0.2, 0) is 14.4 Å². The predicted octanol–water partition coefficient (Wildman–Crippen LogP) is 0.985. The van der Waals surface area contributed by atoms with Gasteiger partial charge in [0.25, 0.3) is 5.24 Å². The third-order valence-corrected chi connectivity index (χ3v) is 4.41. The van der Waals surface area contributed by atoms with Crippen LogP contribution in [-0.4, -0.2) is 51.7 Å².